The number of nitrogens with zero attached hydrogens (tertiary/aromatic N) is 1. The first-order valence-electron chi connectivity index (χ1n) is 5.49. The highest BCUT2D eigenvalue weighted by molar-refractivity contribution is 7.22. The number of aromatic nitrogens is 1. The average molecular weight is 273 g/mol. The van der Waals surface area contributed by atoms with E-state index in [0.717, 1.165) is 20.2 Å². The summed E-state index contributed by atoms with van der Waals surface area (Å²) in [7, 11) is 0. The molecule has 0 radical (unpaired) electrons. The summed E-state index contributed by atoms with van der Waals surface area (Å²) < 4.78 is 1.15. The quantitative estimate of drug-likeness (QED) is 0.545. The Hall–Kier alpha value is -1.72. The lowest BCUT2D eigenvalue weighted by molar-refractivity contribution is 1.40. The molecular weight excluding hydrogens is 262 g/mol. The van der Waals surface area contributed by atoms with Crippen molar-refractivity contribution in [2.75, 3.05) is 5.32 Å². The van der Waals surface area contributed by atoms with Crippen LogP contribution in [-0.2, 0) is 0 Å². The zero-order valence-electron chi connectivity index (χ0n) is 9.73. The van der Waals surface area contributed by atoms with E-state index < -0.39 is 0 Å². The molecule has 3 rings (SSSR count). The van der Waals surface area contributed by atoms with Crippen molar-refractivity contribution in [1.29, 1.82) is 5.41 Å². The fourth-order valence-corrected chi connectivity index (χ4v) is 3.31. The lowest BCUT2D eigenvalue weighted by Crippen LogP contribution is -2.09. The Labute approximate surface area is 113 Å². The lowest BCUT2D eigenvalue weighted by Gasteiger charge is -2.00. The van der Waals surface area contributed by atoms with Crippen LogP contribution in [0.3, 0.4) is 0 Å². The molecule has 0 amide bonds. The highest BCUT2D eigenvalue weighted by atomic mass is 32.1. The van der Waals surface area contributed by atoms with E-state index in [-0.39, 0.29) is 0 Å². The summed E-state index contributed by atoms with van der Waals surface area (Å²) in [6.45, 7) is 2.05. The van der Waals surface area contributed by atoms with Crippen molar-refractivity contribution in [1.82, 2.24) is 4.98 Å². The van der Waals surface area contributed by atoms with Crippen molar-refractivity contribution < 1.29 is 0 Å². The van der Waals surface area contributed by atoms with E-state index in [1.54, 1.807) is 22.7 Å². The Kier molecular flexibility index (Phi) is 2.85. The van der Waals surface area contributed by atoms with Gasteiger partial charge in [0.15, 0.2) is 5.13 Å². The number of aryl methyl sites for hydroxylation is 1. The van der Waals surface area contributed by atoms with Crippen LogP contribution in [-0.4, -0.2) is 10.8 Å². The first kappa shape index (κ1) is 11.4. The van der Waals surface area contributed by atoms with Gasteiger partial charge in [-0.25, -0.2) is 4.98 Å². The van der Waals surface area contributed by atoms with Gasteiger partial charge in [0.1, 0.15) is 5.84 Å². The smallest absolute Gasteiger partial charge is 0.189 e. The number of thiophene rings is 1. The van der Waals surface area contributed by atoms with Gasteiger partial charge in [0.25, 0.3) is 0 Å². The molecule has 18 heavy (non-hydrogen) atoms. The summed E-state index contributed by atoms with van der Waals surface area (Å²) >= 11 is 3.13. The fraction of sp³-hybridized carbons (Fsp3) is 0.0769. The van der Waals surface area contributed by atoms with Gasteiger partial charge in [0.05, 0.1) is 15.1 Å². The van der Waals surface area contributed by atoms with E-state index in [1.807, 2.05) is 23.6 Å². The molecule has 0 saturated carbocycles. The lowest BCUT2D eigenvalue weighted by atomic mass is 10.2. The van der Waals surface area contributed by atoms with E-state index in [0.29, 0.717) is 5.84 Å². The third-order valence-corrected chi connectivity index (χ3v) is 4.44. The third-order valence-electron chi connectivity index (χ3n) is 2.62. The standard InChI is InChI=1S/C13H11N3S2/c1-8-4-2-5-9-11(8)15-13(18-9)16-12(14)10-6-3-7-17-10/h2-7H,1H3,(H2,14,15,16). The SMILES string of the molecule is Cc1cccc2sc(NC(=N)c3cccs3)nc12. The van der Waals surface area contributed by atoms with Crippen LogP contribution in [0.5, 0.6) is 0 Å². The normalized spacial score (nSPS) is 10.7. The molecule has 0 atom stereocenters. The number of rotatable bonds is 2. The van der Waals surface area contributed by atoms with Gasteiger partial charge >= 0.3 is 0 Å². The van der Waals surface area contributed by atoms with Crippen LogP contribution >= 0.6 is 22.7 Å². The van der Waals surface area contributed by atoms with Crippen LogP contribution in [0.15, 0.2) is 35.7 Å². The van der Waals surface area contributed by atoms with Gasteiger partial charge in [0.2, 0.25) is 0 Å². The fourth-order valence-electron chi connectivity index (χ4n) is 1.73. The number of fused-ring (bicyclic) bond motifs is 1. The molecule has 0 spiro atoms. The molecule has 0 fully saturated rings. The molecule has 0 saturated heterocycles. The summed E-state index contributed by atoms with van der Waals surface area (Å²) in [6.07, 6.45) is 0. The van der Waals surface area contributed by atoms with Gasteiger partial charge in [0, 0.05) is 0 Å². The maximum atomic E-state index is 7.98. The molecule has 0 aliphatic rings. The molecule has 0 aliphatic heterocycles. The minimum atomic E-state index is 0.404. The minimum Gasteiger partial charge on any atom is -0.315 e. The topological polar surface area (TPSA) is 48.8 Å². The Morgan fingerprint density at radius 1 is 1.28 bits per heavy atom. The molecule has 2 N–H and O–H groups in total. The van der Waals surface area contributed by atoms with Gasteiger partial charge in [-0.3, -0.25) is 5.41 Å². The largest absolute Gasteiger partial charge is 0.315 e. The number of amidine groups is 1. The van der Waals surface area contributed by atoms with Crippen molar-refractivity contribution in [3.63, 3.8) is 0 Å². The second-order valence-corrected chi connectivity index (χ2v) is 5.90. The predicted octanol–water partition coefficient (Wildman–Crippen LogP) is 4.10. The van der Waals surface area contributed by atoms with Crippen molar-refractivity contribution in [3.05, 3.63) is 46.2 Å². The Bertz CT molecular complexity index is 698. The van der Waals surface area contributed by atoms with Crippen LogP contribution in [0.25, 0.3) is 10.2 Å². The van der Waals surface area contributed by atoms with Crippen molar-refractivity contribution in [3.8, 4) is 0 Å². The second kappa shape index (κ2) is 4.51. The molecule has 0 bridgehead atoms. The van der Waals surface area contributed by atoms with Gasteiger partial charge in [-0.15, -0.1) is 11.3 Å². The monoisotopic (exact) mass is 273 g/mol. The molecule has 90 valence electrons. The Balaban J connectivity index is 1.92. The maximum Gasteiger partial charge on any atom is 0.189 e. The number of para-hydroxylation sites is 1. The Morgan fingerprint density at radius 2 is 2.17 bits per heavy atom. The minimum absolute atomic E-state index is 0.404. The van der Waals surface area contributed by atoms with E-state index in [2.05, 4.69) is 29.4 Å². The van der Waals surface area contributed by atoms with Crippen LogP contribution in [0.1, 0.15) is 10.4 Å². The number of anilines is 1. The zero-order chi connectivity index (χ0) is 12.5. The van der Waals surface area contributed by atoms with Crippen LogP contribution in [0.2, 0.25) is 0 Å². The molecular formula is C13H11N3S2. The van der Waals surface area contributed by atoms with E-state index >= 15 is 0 Å². The molecule has 3 nitrogen and oxygen atoms in total. The highest BCUT2D eigenvalue weighted by Gasteiger charge is 2.08. The number of nitrogens with one attached hydrogen (secondary N) is 2. The summed E-state index contributed by atoms with van der Waals surface area (Å²) in [6, 6.07) is 10.0. The number of hydrogen-bond acceptors (Lipinski definition) is 4. The van der Waals surface area contributed by atoms with Crippen LogP contribution in [0, 0.1) is 12.3 Å². The van der Waals surface area contributed by atoms with E-state index in [9.17, 15) is 0 Å². The molecule has 3 aromatic rings. The number of benzene rings is 1. The first-order valence-corrected chi connectivity index (χ1v) is 7.19. The van der Waals surface area contributed by atoms with Gasteiger partial charge < -0.3 is 5.32 Å². The average Bonchev–Trinajstić information content (AvgIpc) is 2.97. The van der Waals surface area contributed by atoms with E-state index in [4.69, 9.17) is 5.41 Å². The third kappa shape index (κ3) is 2.02. The summed E-state index contributed by atoms with van der Waals surface area (Å²) in [5.74, 6) is 0.404. The second-order valence-electron chi connectivity index (χ2n) is 3.92. The summed E-state index contributed by atoms with van der Waals surface area (Å²) in [5, 5.41) is 13.8. The number of thiazole rings is 1. The van der Waals surface area contributed by atoms with Crippen molar-refractivity contribution in [2.24, 2.45) is 0 Å². The van der Waals surface area contributed by atoms with Gasteiger partial charge in [-0.2, -0.15) is 0 Å². The summed E-state index contributed by atoms with van der Waals surface area (Å²) in [5.41, 5.74) is 2.18. The zero-order valence-corrected chi connectivity index (χ0v) is 11.4. The van der Waals surface area contributed by atoms with Crippen LogP contribution in [0.4, 0.5) is 5.13 Å². The molecule has 1 aromatic carbocycles. The van der Waals surface area contributed by atoms with Gasteiger partial charge in [-0.05, 0) is 30.0 Å². The van der Waals surface area contributed by atoms with Crippen LogP contribution < -0.4 is 5.32 Å². The van der Waals surface area contributed by atoms with Crippen molar-refractivity contribution >= 4 is 43.9 Å². The predicted molar refractivity (Wildman–Crippen MR) is 79.1 cm³/mol. The number of hydrogen-bond donors (Lipinski definition) is 2. The molecule has 0 aliphatic carbocycles. The molecule has 0 unspecified atom stereocenters. The van der Waals surface area contributed by atoms with E-state index in [1.165, 1.54) is 5.56 Å². The van der Waals surface area contributed by atoms with Gasteiger partial charge in [-0.1, -0.05) is 29.5 Å². The highest BCUT2D eigenvalue weighted by Crippen LogP contribution is 2.28. The first-order chi connectivity index (χ1) is 8.74. The van der Waals surface area contributed by atoms with Crippen molar-refractivity contribution in [2.45, 2.75) is 6.92 Å². The molecule has 5 heteroatoms. The maximum absolute atomic E-state index is 7.98. The summed E-state index contributed by atoms with van der Waals surface area (Å²) in [4.78, 5) is 5.46. The molecule has 2 aromatic heterocycles. The Morgan fingerprint density at radius 3 is 2.89 bits per heavy atom. The molecule has 2 heterocycles.